The molecule has 2 N–H and O–H groups in total. The summed E-state index contributed by atoms with van der Waals surface area (Å²) in [4.78, 5) is 35.4. The Morgan fingerprint density at radius 2 is 1.97 bits per heavy atom. The molecule has 0 radical (unpaired) electrons. The standard InChI is InChI=1S/C26H32N8O2/c1-4-27-26(35)30-20-7-5-19(6-8-20)24-31-22-10-12-33(23-9-11-28-18(3)29-23)15-21(22)25(32-24)34-13-14-36-16-17(34)2/h5-9,11,17H,4,10,12-16H2,1-3H3,(H2,27,30,35)/t17-/m0/s1. The number of hydrogen-bond acceptors (Lipinski definition) is 8. The van der Waals surface area contributed by atoms with Crippen LogP contribution in [0.25, 0.3) is 11.4 Å². The lowest BCUT2D eigenvalue weighted by Crippen LogP contribution is -2.45. The van der Waals surface area contributed by atoms with E-state index in [1.54, 1.807) is 0 Å². The van der Waals surface area contributed by atoms with Gasteiger partial charge in [-0.05, 0) is 51.1 Å². The number of carbonyl (C=O) groups is 1. The Morgan fingerprint density at radius 3 is 2.72 bits per heavy atom. The van der Waals surface area contributed by atoms with Crippen LogP contribution in [0.5, 0.6) is 0 Å². The predicted molar refractivity (Wildman–Crippen MR) is 139 cm³/mol. The van der Waals surface area contributed by atoms with Gasteiger partial charge < -0.3 is 25.2 Å². The van der Waals surface area contributed by atoms with Gasteiger partial charge in [-0.2, -0.15) is 0 Å². The van der Waals surface area contributed by atoms with Crippen LogP contribution in [0, 0.1) is 6.92 Å². The summed E-state index contributed by atoms with van der Waals surface area (Å²) in [6.45, 7) is 10.2. The predicted octanol–water partition coefficient (Wildman–Crippen LogP) is 3.17. The van der Waals surface area contributed by atoms with Crippen LogP contribution in [0.3, 0.4) is 0 Å². The Labute approximate surface area is 211 Å². The highest BCUT2D eigenvalue weighted by atomic mass is 16.5. The molecule has 36 heavy (non-hydrogen) atoms. The van der Waals surface area contributed by atoms with Crippen LogP contribution in [0.4, 0.5) is 22.1 Å². The fraction of sp³-hybridized carbons (Fsp3) is 0.423. The maximum Gasteiger partial charge on any atom is 0.319 e. The lowest BCUT2D eigenvalue weighted by atomic mass is 10.0. The Kier molecular flexibility index (Phi) is 6.95. The molecule has 2 aromatic heterocycles. The van der Waals surface area contributed by atoms with E-state index in [2.05, 4.69) is 37.3 Å². The molecule has 3 aromatic rings. The summed E-state index contributed by atoms with van der Waals surface area (Å²) >= 11 is 0. The molecular weight excluding hydrogens is 456 g/mol. The van der Waals surface area contributed by atoms with Gasteiger partial charge in [-0.3, -0.25) is 0 Å². The Balaban J connectivity index is 1.49. The van der Waals surface area contributed by atoms with Crippen LogP contribution in [0.2, 0.25) is 0 Å². The Hall–Kier alpha value is -3.79. The minimum absolute atomic E-state index is 0.214. The number of morpholine rings is 1. The van der Waals surface area contributed by atoms with E-state index in [-0.39, 0.29) is 12.1 Å². The fourth-order valence-corrected chi connectivity index (χ4v) is 4.66. The molecular formula is C26H32N8O2. The molecule has 1 aromatic carbocycles. The largest absolute Gasteiger partial charge is 0.377 e. The number of ether oxygens (including phenoxy) is 1. The molecule has 2 aliphatic rings. The SMILES string of the molecule is CCNC(=O)Nc1ccc(-c2nc3c(c(N4CCOC[C@@H]4C)n2)CN(c2ccnc(C)n2)CC3)cc1. The minimum Gasteiger partial charge on any atom is -0.377 e. The molecule has 10 nitrogen and oxygen atoms in total. The van der Waals surface area contributed by atoms with Crippen LogP contribution in [0.15, 0.2) is 36.5 Å². The average Bonchev–Trinajstić information content (AvgIpc) is 2.89. The second-order valence-electron chi connectivity index (χ2n) is 9.11. The minimum atomic E-state index is -0.220. The quantitative estimate of drug-likeness (QED) is 0.564. The first kappa shape index (κ1) is 23.9. The molecule has 0 bridgehead atoms. The van der Waals surface area contributed by atoms with Crippen molar-refractivity contribution in [3.05, 3.63) is 53.6 Å². The number of nitrogens with one attached hydrogen (secondary N) is 2. The van der Waals surface area contributed by atoms with Gasteiger partial charge in [-0.25, -0.2) is 24.7 Å². The molecule has 0 saturated carbocycles. The van der Waals surface area contributed by atoms with Crippen molar-refractivity contribution in [2.45, 2.75) is 39.8 Å². The fourth-order valence-electron chi connectivity index (χ4n) is 4.66. The topological polar surface area (TPSA) is 108 Å². The number of anilines is 3. The normalized spacial score (nSPS) is 17.5. The number of fused-ring (bicyclic) bond motifs is 1. The lowest BCUT2D eigenvalue weighted by Gasteiger charge is -2.38. The maximum atomic E-state index is 11.9. The number of aromatic nitrogens is 4. The molecule has 10 heteroatoms. The highest BCUT2D eigenvalue weighted by Crippen LogP contribution is 2.33. The van der Waals surface area contributed by atoms with E-state index in [4.69, 9.17) is 14.7 Å². The lowest BCUT2D eigenvalue weighted by molar-refractivity contribution is 0.0984. The van der Waals surface area contributed by atoms with E-state index >= 15 is 0 Å². The second-order valence-corrected chi connectivity index (χ2v) is 9.11. The number of urea groups is 1. The number of rotatable bonds is 5. The zero-order chi connectivity index (χ0) is 25.1. The summed E-state index contributed by atoms with van der Waals surface area (Å²) in [6, 6.07) is 9.62. The number of nitrogens with zero attached hydrogens (tertiary/aromatic N) is 6. The molecule has 0 spiro atoms. The van der Waals surface area contributed by atoms with E-state index in [9.17, 15) is 4.79 Å². The Bertz CT molecular complexity index is 1230. The van der Waals surface area contributed by atoms with E-state index in [0.717, 1.165) is 59.5 Å². The van der Waals surface area contributed by atoms with Crippen molar-refractivity contribution in [3.8, 4) is 11.4 Å². The van der Waals surface area contributed by atoms with Gasteiger partial charge >= 0.3 is 6.03 Å². The molecule has 1 saturated heterocycles. The zero-order valence-corrected chi connectivity index (χ0v) is 21.0. The highest BCUT2D eigenvalue weighted by molar-refractivity contribution is 5.89. The third-order valence-electron chi connectivity index (χ3n) is 6.50. The van der Waals surface area contributed by atoms with Crippen molar-refractivity contribution < 1.29 is 9.53 Å². The summed E-state index contributed by atoms with van der Waals surface area (Å²) < 4.78 is 5.71. The van der Waals surface area contributed by atoms with Gasteiger partial charge in [0.05, 0.1) is 24.9 Å². The third kappa shape index (κ3) is 5.08. The van der Waals surface area contributed by atoms with E-state index in [1.165, 1.54) is 0 Å². The average molecular weight is 489 g/mol. The van der Waals surface area contributed by atoms with Crippen molar-refractivity contribution in [1.29, 1.82) is 0 Å². The van der Waals surface area contributed by atoms with Crippen LogP contribution in [0.1, 0.15) is 30.9 Å². The summed E-state index contributed by atoms with van der Waals surface area (Å²) in [5.74, 6) is 3.34. The monoisotopic (exact) mass is 488 g/mol. The number of aryl methyl sites for hydroxylation is 1. The summed E-state index contributed by atoms with van der Waals surface area (Å²) in [6.07, 6.45) is 2.61. The van der Waals surface area contributed by atoms with E-state index in [0.29, 0.717) is 32.1 Å². The molecule has 1 fully saturated rings. The number of carbonyl (C=O) groups excluding carboxylic acids is 1. The smallest absolute Gasteiger partial charge is 0.319 e. The molecule has 188 valence electrons. The van der Waals surface area contributed by atoms with Crippen LogP contribution in [-0.2, 0) is 17.7 Å². The van der Waals surface area contributed by atoms with Gasteiger partial charge in [0.2, 0.25) is 0 Å². The van der Waals surface area contributed by atoms with Gasteiger partial charge in [0.25, 0.3) is 0 Å². The first-order valence-electron chi connectivity index (χ1n) is 12.5. The molecule has 0 aliphatic carbocycles. The van der Waals surface area contributed by atoms with Gasteiger partial charge in [0.1, 0.15) is 17.5 Å². The van der Waals surface area contributed by atoms with Gasteiger partial charge in [-0.1, -0.05) is 0 Å². The van der Waals surface area contributed by atoms with Gasteiger partial charge in [-0.15, -0.1) is 0 Å². The zero-order valence-electron chi connectivity index (χ0n) is 21.0. The molecule has 2 amide bonds. The van der Waals surface area contributed by atoms with Crippen molar-refractivity contribution in [3.63, 3.8) is 0 Å². The van der Waals surface area contributed by atoms with Crippen molar-refractivity contribution in [1.82, 2.24) is 25.3 Å². The van der Waals surface area contributed by atoms with Gasteiger partial charge in [0.15, 0.2) is 5.82 Å². The van der Waals surface area contributed by atoms with Crippen LogP contribution in [-0.4, -0.2) is 64.9 Å². The molecule has 4 heterocycles. The van der Waals surface area contributed by atoms with Crippen LogP contribution >= 0.6 is 0 Å². The van der Waals surface area contributed by atoms with Crippen LogP contribution < -0.4 is 20.4 Å². The number of benzene rings is 1. The van der Waals surface area contributed by atoms with E-state index < -0.39 is 0 Å². The first-order valence-corrected chi connectivity index (χ1v) is 12.5. The molecule has 5 rings (SSSR count). The summed E-state index contributed by atoms with van der Waals surface area (Å²) in [7, 11) is 0. The van der Waals surface area contributed by atoms with Crippen molar-refractivity contribution in [2.75, 3.05) is 48.0 Å². The summed E-state index contributed by atoms with van der Waals surface area (Å²) in [5, 5.41) is 5.57. The summed E-state index contributed by atoms with van der Waals surface area (Å²) in [5.41, 5.74) is 3.85. The van der Waals surface area contributed by atoms with Crippen molar-refractivity contribution in [2.24, 2.45) is 0 Å². The second kappa shape index (κ2) is 10.4. The molecule has 2 aliphatic heterocycles. The maximum absolute atomic E-state index is 11.9. The van der Waals surface area contributed by atoms with Gasteiger partial charge in [0, 0.05) is 55.6 Å². The first-order chi connectivity index (χ1) is 17.5. The molecule has 0 unspecified atom stereocenters. The number of amides is 2. The third-order valence-corrected chi connectivity index (χ3v) is 6.50. The van der Waals surface area contributed by atoms with Crippen molar-refractivity contribution >= 4 is 23.4 Å². The highest BCUT2D eigenvalue weighted by Gasteiger charge is 2.29. The van der Waals surface area contributed by atoms with E-state index in [1.807, 2.05) is 50.4 Å². The number of hydrogen-bond donors (Lipinski definition) is 2. The molecule has 1 atom stereocenters. The Morgan fingerprint density at radius 1 is 1.14 bits per heavy atom.